The minimum atomic E-state index is 0. The predicted molar refractivity (Wildman–Crippen MR) is 117 cm³/mol. The number of allylic oxidation sites excluding steroid dienone is 2. The molecule has 2 rings (SSSR count). The smallest absolute Gasteiger partial charge is 0.0634 e. The molecule has 3 heteroatoms. The first-order valence-corrected chi connectivity index (χ1v) is 9.32. The van der Waals surface area contributed by atoms with Crippen molar-refractivity contribution < 1.29 is 16.5 Å². The standard InChI is InChI=1S/C24H28N2.Ni/c1-4-7-10-24(26-23-17-13-21(9-6-3)14-18-23)19-25-22-15-11-20(8-5-2)12-16-22;/h5-6,8-9,11-19H,4,7,10H2,1-3H3;. The van der Waals surface area contributed by atoms with E-state index in [1.165, 1.54) is 11.1 Å². The van der Waals surface area contributed by atoms with Crippen LogP contribution < -0.4 is 0 Å². The van der Waals surface area contributed by atoms with E-state index in [1.54, 1.807) is 0 Å². The molecule has 0 saturated carbocycles. The normalized spacial score (nSPS) is 12.2. The van der Waals surface area contributed by atoms with Gasteiger partial charge in [-0.15, -0.1) is 0 Å². The second-order valence-electron chi connectivity index (χ2n) is 6.15. The van der Waals surface area contributed by atoms with Gasteiger partial charge >= 0.3 is 0 Å². The Hall–Kier alpha value is -2.25. The first-order chi connectivity index (χ1) is 12.7. The van der Waals surface area contributed by atoms with Crippen LogP contribution in [0.1, 0.15) is 51.2 Å². The van der Waals surface area contributed by atoms with Crippen molar-refractivity contribution in [3.8, 4) is 0 Å². The predicted octanol–water partition coefficient (Wildman–Crippen LogP) is 7.42. The van der Waals surface area contributed by atoms with Crippen LogP contribution in [0.15, 0.2) is 70.7 Å². The van der Waals surface area contributed by atoms with Crippen LogP contribution in [0.5, 0.6) is 0 Å². The monoisotopic (exact) mass is 402 g/mol. The second kappa shape index (κ2) is 13.0. The van der Waals surface area contributed by atoms with Gasteiger partial charge in [-0.2, -0.15) is 0 Å². The van der Waals surface area contributed by atoms with Gasteiger partial charge in [0.1, 0.15) is 0 Å². The van der Waals surface area contributed by atoms with Gasteiger partial charge in [0.25, 0.3) is 0 Å². The maximum Gasteiger partial charge on any atom is 0.0634 e. The summed E-state index contributed by atoms with van der Waals surface area (Å²) in [5.41, 5.74) is 5.32. The molecule has 2 nitrogen and oxygen atoms in total. The summed E-state index contributed by atoms with van der Waals surface area (Å²) in [6.45, 7) is 6.24. The molecule has 0 bridgehead atoms. The average Bonchev–Trinajstić information content (AvgIpc) is 2.67. The molecular weight excluding hydrogens is 375 g/mol. The van der Waals surface area contributed by atoms with Gasteiger partial charge in [0.05, 0.1) is 17.1 Å². The molecule has 2 aromatic carbocycles. The molecule has 0 aliphatic heterocycles. The zero-order chi connectivity index (χ0) is 18.6. The first kappa shape index (κ1) is 22.8. The molecule has 2 aromatic rings. The molecule has 0 spiro atoms. The summed E-state index contributed by atoms with van der Waals surface area (Å²) in [5.74, 6) is 0. The van der Waals surface area contributed by atoms with Crippen LogP contribution in [0, 0.1) is 0 Å². The van der Waals surface area contributed by atoms with Gasteiger partial charge in [0.2, 0.25) is 0 Å². The summed E-state index contributed by atoms with van der Waals surface area (Å²) in [4.78, 5) is 9.40. The van der Waals surface area contributed by atoms with E-state index in [0.29, 0.717) is 0 Å². The summed E-state index contributed by atoms with van der Waals surface area (Å²) in [7, 11) is 0. The summed E-state index contributed by atoms with van der Waals surface area (Å²) in [5, 5.41) is 0. The number of nitrogens with zero attached hydrogens (tertiary/aromatic N) is 2. The fourth-order valence-corrected chi connectivity index (χ4v) is 2.54. The van der Waals surface area contributed by atoms with Crippen LogP contribution in [0.2, 0.25) is 0 Å². The van der Waals surface area contributed by atoms with Crippen LogP contribution in [0.4, 0.5) is 11.4 Å². The van der Waals surface area contributed by atoms with Gasteiger partial charge in [0.15, 0.2) is 0 Å². The Balaban J connectivity index is 0.00000364. The van der Waals surface area contributed by atoms with Crippen molar-refractivity contribution >= 4 is 35.5 Å². The largest absolute Gasteiger partial charge is 0.255 e. The van der Waals surface area contributed by atoms with Gasteiger partial charge in [-0.1, -0.05) is 61.9 Å². The van der Waals surface area contributed by atoms with Crippen molar-refractivity contribution in [2.45, 2.75) is 40.0 Å². The molecule has 0 heterocycles. The van der Waals surface area contributed by atoms with E-state index < -0.39 is 0 Å². The maximum absolute atomic E-state index is 4.79. The molecule has 0 atom stereocenters. The molecule has 0 unspecified atom stereocenters. The molecule has 0 radical (unpaired) electrons. The van der Waals surface area contributed by atoms with E-state index in [1.807, 2.05) is 44.3 Å². The Morgan fingerprint density at radius 3 is 1.81 bits per heavy atom. The topological polar surface area (TPSA) is 24.7 Å². The second-order valence-corrected chi connectivity index (χ2v) is 6.15. The number of rotatable bonds is 8. The van der Waals surface area contributed by atoms with E-state index in [4.69, 9.17) is 4.99 Å². The number of unbranched alkanes of at least 4 members (excludes halogenated alkanes) is 1. The molecule has 144 valence electrons. The fourth-order valence-electron chi connectivity index (χ4n) is 2.54. The van der Waals surface area contributed by atoms with Crippen LogP contribution in [-0.4, -0.2) is 11.9 Å². The van der Waals surface area contributed by atoms with Gasteiger partial charge < -0.3 is 0 Å². The number of aliphatic imine (C=N–C) groups is 2. The zero-order valence-corrected chi connectivity index (χ0v) is 17.3. The third-order valence-corrected chi connectivity index (χ3v) is 3.93. The Bertz CT molecular complexity index is 782. The fraction of sp³-hybridized carbons (Fsp3) is 0.250. The van der Waals surface area contributed by atoms with Gasteiger partial charge in [-0.25, -0.2) is 0 Å². The number of hydrogen-bond acceptors (Lipinski definition) is 2. The van der Waals surface area contributed by atoms with Crippen molar-refractivity contribution in [3.05, 3.63) is 71.8 Å². The van der Waals surface area contributed by atoms with Crippen molar-refractivity contribution in [2.75, 3.05) is 0 Å². The molecule has 0 amide bonds. The first-order valence-electron chi connectivity index (χ1n) is 9.32. The third-order valence-electron chi connectivity index (χ3n) is 3.93. The third kappa shape index (κ3) is 8.32. The molecule has 0 aliphatic carbocycles. The minimum Gasteiger partial charge on any atom is -0.255 e. The molecule has 27 heavy (non-hydrogen) atoms. The maximum atomic E-state index is 4.79. The molecular formula is C24H28N2Ni. The van der Waals surface area contributed by atoms with Crippen LogP contribution >= 0.6 is 0 Å². The molecule has 0 fully saturated rings. The minimum absolute atomic E-state index is 0. The van der Waals surface area contributed by atoms with Gasteiger partial charge in [-0.3, -0.25) is 9.98 Å². The van der Waals surface area contributed by atoms with Crippen molar-refractivity contribution in [1.29, 1.82) is 0 Å². The molecule has 0 N–H and O–H groups in total. The van der Waals surface area contributed by atoms with E-state index in [-0.39, 0.29) is 16.5 Å². The number of hydrogen-bond donors (Lipinski definition) is 0. The van der Waals surface area contributed by atoms with E-state index in [9.17, 15) is 0 Å². The summed E-state index contributed by atoms with van der Waals surface area (Å²) >= 11 is 0. The van der Waals surface area contributed by atoms with Gasteiger partial charge in [0, 0.05) is 22.7 Å². The molecule has 0 saturated heterocycles. The Kier molecular flexibility index (Phi) is 11.0. The molecule has 0 aromatic heterocycles. The summed E-state index contributed by atoms with van der Waals surface area (Å²) < 4.78 is 0. The summed E-state index contributed by atoms with van der Waals surface area (Å²) in [6.07, 6.45) is 13.3. The SMILES string of the molecule is CC=Cc1ccc(N=CC(CCCC)=Nc2ccc(C=CC)cc2)cc1.[Ni]. The van der Waals surface area contributed by atoms with Crippen LogP contribution in [0.25, 0.3) is 12.2 Å². The Morgan fingerprint density at radius 1 is 0.815 bits per heavy atom. The van der Waals surface area contributed by atoms with Crippen molar-refractivity contribution in [2.24, 2.45) is 9.98 Å². The quantitative estimate of drug-likeness (QED) is 0.324. The number of benzene rings is 2. The Morgan fingerprint density at radius 2 is 1.33 bits per heavy atom. The molecule has 0 aliphatic rings. The van der Waals surface area contributed by atoms with E-state index in [0.717, 1.165) is 36.3 Å². The van der Waals surface area contributed by atoms with Crippen LogP contribution in [-0.2, 0) is 16.5 Å². The zero-order valence-electron chi connectivity index (χ0n) is 16.3. The van der Waals surface area contributed by atoms with E-state index >= 15 is 0 Å². The average molecular weight is 403 g/mol. The summed E-state index contributed by atoms with van der Waals surface area (Å²) in [6, 6.07) is 16.5. The van der Waals surface area contributed by atoms with E-state index in [2.05, 4.69) is 60.5 Å². The Labute approximate surface area is 173 Å². The van der Waals surface area contributed by atoms with Crippen molar-refractivity contribution in [1.82, 2.24) is 0 Å². The van der Waals surface area contributed by atoms with Crippen molar-refractivity contribution in [3.63, 3.8) is 0 Å². The van der Waals surface area contributed by atoms with Gasteiger partial charge in [-0.05, 0) is 62.1 Å². The van der Waals surface area contributed by atoms with Crippen LogP contribution in [0.3, 0.4) is 0 Å².